The molecule has 0 amide bonds. The Balaban J connectivity index is 2.22. The molecule has 2 bridgehead atoms. The number of phenols is 2. The molecule has 0 saturated heterocycles. The second-order valence-corrected chi connectivity index (χ2v) is 13.7. The van der Waals surface area contributed by atoms with Gasteiger partial charge in [0.25, 0.3) is 0 Å². The average Bonchev–Trinajstić information content (AvgIpc) is 2.91. The van der Waals surface area contributed by atoms with Crippen LogP contribution in [0.4, 0.5) is 0 Å². The van der Waals surface area contributed by atoms with Crippen molar-refractivity contribution in [3.63, 3.8) is 0 Å². The SMILES string of the molecule is Cc1cc(C(C)(C)C)c(O)c(C)c1-c1sc(-c2c(C)cc(C(C)(C)C)c(O)c2C)c(O)c2ccc(cc2)c1O. The molecule has 5 aromatic rings. The molecule has 0 aliphatic rings. The van der Waals surface area contributed by atoms with E-state index in [2.05, 4.69) is 41.5 Å². The Kier molecular flexibility index (Phi) is 7.06. The fourth-order valence-corrected chi connectivity index (χ4v) is 6.84. The highest BCUT2D eigenvalue weighted by atomic mass is 32.1. The number of hydrogen-bond donors (Lipinski definition) is 4. The van der Waals surface area contributed by atoms with Gasteiger partial charge in [-0.3, -0.25) is 0 Å². The molecular weight excluding hydrogens is 504 g/mol. The van der Waals surface area contributed by atoms with Crippen LogP contribution in [0.25, 0.3) is 31.7 Å². The highest BCUT2D eigenvalue weighted by Gasteiger charge is 2.27. The summed E-state index contributed by atoms with van der Waals surface area (Å²) in [6.07, 6.45) is 0. The number of rotatable bonds is 2. The third-order valence-electron chi connectivity index (χ3n) is 7.62. The van der Waals surface area contributed by atoms with Gasteiger partial charge in [0.05, 0.1) is 9.75 Å². The van der Waals surface area contributed by atoms with E-state index in [0.29, 0.717) is 31.7 Å². The molecule has 0 aliphatic carbocycles. The van der Waals surface area contributed by atoms with Crippen molar-refractivity contribution >= 4 is 22.1 Å². The van der Waals surface area contributed by atoms with Crippen LogP contribution in [0, 0.1) is 27.7 Å². The van der Waals surface area contributed by atoms with Crippen LogP contribution < -0.4 is 0 Å². The van der Waals surface area contributed by atoms with Crippen molar-refractivity contribution in [2.75, 3.05) is 0 Å². The lowest BCUT2D eigenvalue weighted by atomic mass is 9.82. The van der Waals surface area contributed by atoms with Gasteiger partial charge in [-0.1, -0.05) is 77.9 Å². The second-order valence-electron chi connectivity index (χ2n) is 12.7. The predicted octanol–water partition coefficient (Wildman–Crippen LogP) is 9.45. The molecule has 0 spiro atoms. The van der Waals surface area contributed by atoms with Crippen molar-refractivity contribution < 1.29 is 20.4 Å². The molecule has 0 radical (unpaired) electrons. The van der Waals surface area contributed by atoms with E-state index in [1.807, 2.05) is 39.8 Å². The van der Waals surface area contributed by atoms with E-state index in [4.69, 9.17) is 0 Å². The first kappa shape index (κ1) is 28.6. The molecule has 0 saturated carbocycles. The molecule has 4 N–H and O–H groups in total. The molecule has 39 heavy (non-hydrogen) atoms. The molecule has 5 rings (SSSR count). The first-order valence-electron chi connectivity index (χ1n) is 13.3. The lowest BCUT2D eigenvalue weighted by Crippen LogP contribution is -2.12. The minimum Gasteiger partial charge on any atom is -0.507 e. The summed E-state index contributed by atoms with van der Waals surface area (Å²) >= 11 is 1.27. The first-order chi connectivity index (χ1) is 17.9. The van der Waals surface area contributed by atoms with Gasteiger partial charge in [0, 0.05) is 33.0 Å². The third-order valence-corrected chi connectivity index (χ3v) is 8.82. The average molecular weight is 545 g/mol. The summed E-state index contributed by atoms with van der Waals surface area (Å²) in [5.74, 6) is 0.540. The Morgan fingerprint density at radius 2 is 0.821 bits per heavy atom. The van der Waals surface area contributed by atoms with Gasteiger partial charge >= 0.3 is 0 Å². The van der Waals surface area contributed by atoms with Crippen molar-refractivity contribution in [3.8, 4) is 43.9 Å². The summed E-state index contributed by atoms with van der Waals surface area (Å²) < 4.78 is 0. The zero-order valence-electron chi connectivity index (χ0n) is 24.7. The Hall–Kier alpha value is -3.44. The fraction of sp³-hybridized carbons (Fsp3) is 0.353. The van der Waals surface area contributed by atoms with Gasteiger partial charge in [-0.05, 0) is 60.8 Å². The van der Waals surface area contributed by atoms with E-state index in [1.165, 1.54) is 11.3 Å². The van der Waals surface area contributed by atoms with Crippen LogP contribution in [0.15, 0.2) is 36.4 Å². The quantitative estimate of drug-likeness (QED) is 0.203. The van der Waals surface area contributed by atoms with Crippen LogP contribution in [0.2, 0.25) is 0 Å². The van der Waals surface area contributed by atoms with Crippen LogP contribution in [0.5, 0.6) is 23.0 Å². The molecule has 206 valence electrons. The summed E-state index contributed by atoms with van der Waals surface area (Å²) in [5, 5.41) is 47.2. The number of aryl methyl sites for hydroxylation is 2. The molecule has 3 aromatic carbocycles. The molecule has 5 heteroatoms. The minimum absolute atomic E-state index is 0.0682. The van der Waals surface area contributed by atoms with Crippen molar-refractivity contribution in [2.45, 2.75) is 80.1 Å². The van der Waals surface area contributed by atoms with E-state index < -0.39 is 0 Å². The number of aromatic hydroxyl groups is 4. The van der Waals surface area contributed by atoms with Gasteiger partial charge in [0.15, 0.2) is 0 Å². The van der Waals surface area contributed by atoms with Crippen molar-refractivity contribution in [2.24, 2.45) is 0 Å². The van der Waals surface area contributed by atoms with Gasteiger partial charge < -0.3 is 20.4 Å². The third kappa shape index (κ3) is 4.89. The molecule has 0 aliphatic heterocycles. The highest BCUT2D eigenvalue weighted by molar-refractivity contribution is 7.19. The lowest BCUT2D eigenvalue weighted by Gasteiger charge is -2.25. The maximum Gasteiger partial charge on any atom is 0.140 e. The maximum atomic E-state index is 11.7. The van der Waals surface area contributed by atoms with Crippen molar-refractivity contribution in [1.29, 1.82) is 0 Å². The minimum atomic E-state index is -0.264. The van der Waals surface area contributed by atoms with Crippen LogP contribution in [-0.4, -0.2) is 20.4 Å². The summed E-state index contributed by atoms with van der Waals surface area (Å²) in [4.78, 5) is 1.07. The molecule has 0 unspecified atom stereocenters. The Labute approximate surface area is 235 Å². The van der Waals surface area contributed by atoms with Crippen LogP contribution >= 0.6 is 11.3 Å². The highest BCUT2D eigenvalue weighted by Crippen LogP contribution is 2.51. The molecular formula is C34H40O4S. The van der Waals surface area contributed by atoms with Gasteiger partial charge in [0.1, 0.15) is 23.0 Å². The summed E-state index contributed by atoms with van der Waals surface area (Å²) in [6.45, 7) is 20.1. The molecule has 4 nitrogen and oxygen atoms in total. The Bertz CT molecular complexity index is 1500. The zero-order chi connectivity index (χ0) is 29.2. The summed E-state index contributed by atoms with van der Waals surface area (Å²) in [5.41, 5.74) is 5.77. The number of fused-ring (bicyclic) bond motifs is 6. The maximum absolute atomic E-state index is 11.7. The molecule has 0 atom stereocenters. The smallest absolute Gasteiger partial charge is 0.140 e. The van der Waals surface area contributed by atoms with Gasteiger partial charge in [-0.25, -0.2) is 0 Å². The standard InChI is InChI=1S/C34H40O4S/c1-17-15-23(33(5,6)7)27(35)19(3)25(17)31-29(37)21-11-13-22(14-12-21)30(38)32(39-31)26-18(2)16-24(34(8,9)10)28(36)20(26)4/h11-16,35-38H,1-10H3. The van der Waals surface area contributed by atoms with Crippen LogP contribution in [-0.2, 0) is 10.8 Å². The van der Waals surface area contributed by atoms with Crippen molar-refractivity contribution in [3.05, 3.63) is 69.8 Å². The van der Waals surface area contributed by atoms with E-state index in [-0.39, 0.29) is 33.8 Å². The second kappa shape index (κ2) is 9.63. The Morgan fingerprint density at radius 3 is 1.10 bits per heavy atom. The van der Waals surface area contributed by atoms with Crippen LogP contribution in [0.3, 0.4) is 0 Å². The predicted molar refractivity (Wildman–Crippen MR) is 165 cm³/mol. The molecule has 2 aromatic heterocycles. The Morgan fingerprint density at radius 1 is 0.513 bits per heavy atom. The van der Waals surface area contributed by atoms with E-state index >= 15 is 0 Å². The normalized spacial score (nSPS) is 12.3. The van der Waals surface area contributed by atoms with Gasteiger partial charge in [-0.15, -0.1) is 11.3 Å². The fourth-order valence-electron chi connectivity index (χ4n) is 5.37. The van der Waals surface area contributed by atoms with Gasteiger partial charge in [0.2, 0.25) is 0 Å². The summed E-state index contributed by atoms with van der Waals surface area (Å²) in [7, 11) is 0. The van der Waals surface area contributed by atoms with Crippen LogP contribution in [0.1, 0.15) is 74.9 Å². The number of phenolic OH excluding ortho intramolecular Hbond substituents is 2. The molecule has 0 fully saturated rings. The summed E-state index contributed by atoms with van der Waals surface area (Å²) in [6, 6.07) is 11.1. The van der Waals surface area contributed by atoms with E-state index in [0.717, 1.165) is 33.4 Å². The van der Waals surface area contributed by atoms with Gasteiger partial charge in [-0.2, -0.15) is 0 Å². The van der Waals surface area contributed by atoms with E-state index in [9.17, 15) is 20.4 Å². The number of benzene rings is 3. The van der Waals surface area contributed by atoms with E-state index in [1.54, 1.807) is 24.3 Å². The van der Waals surface area contributed by atoms with Crippen molar-refractivity contribution in [1.82, 2.24) is 0 Å². The zero-order valence-corrected chi connectivity index (χ0v) is 25.5. The lowest BCUT2D eigenvalue weighted by molar-refractivity contribution is 0.442. The molecule has 2 heterocycles. The monoisotopic (exact) mass is 544 g/mol. The number of hydrogen-bond acceptors (Lipinski definition) is 5. The topological polar surface area (TPSA) is 80.9 Å². The largest absolute Gasteiger partial charge is 0.507 e. The first-order valence-corrected chi connectivity index (χ1v) is 14.1.